The lowest BCUT2D eigenvalue weighted by Gasteiger charge is -2.11. The fraction of sp³-hybridized carbons (Fsp3) is 0.286. The number of aromatic nitrogens is 2. The molecule has 0 saturated carbocycles. The van der Waals surface area contributed by atoms with Gasteiger partial charge in [-0.25, -0.2) is 0 Å². The number of ether oxygens (including phenoxy) is 1. The average Bonchev–Trinajstić information content (AvgIpc) is 2.29. The van der Waals surface area contributed by atoms with E-state index in [-0.39, 0.29) is 0 Å². The van der Waals surface area contributed by atoms with Gasteiger partial charge in [-0.15, -0.1) is 0 Å². The third-order valence-corrected chi connectivity index (χ3v) is 3.01. The number of aryl methyl sites for hydroxylation is 3. The first-order valence-corrected chi connectivity index (χ1v) is 5.75. The van der Waals surface area contributed by atoms with E-state index in [0.717, 1.165) is 33.7 Å². The summed E-state index contributed by atoms with van der Waals surface area (Å²) in [6.45, 7) is 5.79. The molecule has 2 aromatic rings. The number of benzene rings is 1. The topological polar surface area (TPSA) is 49.1 Å². The molecule has 0 spiro atoms. The maximum absolute atomic E-state index is 11.3. The Morgan fingerprint density at radius 3 is 2.44 bits per heavy atom. The van der Waals surface area contributed by atoms with Gasteiger partial charge < -0.3 is 9.94 Å². The van der Waals surface area contributed by atoms with Crippen LogP contribution in [-0.4, -0.2) is 12.2 Å². The smallest absolute Gasteiger partial charge is 0.213 e. The molecule has 0 aliphatic carbocycles. The van der Waals surface area contributed by atoms with E-state index in [1.165, 1.54) is 6.20 Å². The molecule has 18 heavy (non-hydrogen) atoms. The van der Waals surface area contributed by atoms with Crippen molar-refractivity contribution in [3.05, 3.63) is 46.4 Å². The van der Waals surface area contributed by atoms with E-state index < -0.39 is 0 Å². The van der Waals surface area contributed by atoms with Crippen LogP contribution in [0.15, 0.2) is 24.4 Å². The second-order valence-corrected chi connectivity index (χ2v) is 4.36. The van der Waals surface area contributed by atoms with E-state index in [4.69, 9.17) is 4.74 Å². The van der Waals surface area contributed by atoms with Crippen molar-refractivity contribution in [2.24, 2.45) is 0 Å². The molecule has 0 atom stereocenters. The van der Waals surface area contributed by atoms with Crippen molar-refractivity contribution >= 4 is 0 Å². The number of hydrogen-bond donors (Lipinski definition) is 0. The Kier molecular flexibility index (Phi) is 3.19. The zero-order valence-electron chi connectivity index (χ0n) is 11.0. The van der Waals surface area contributed by atoms with Crippen molar-refractivity contribution < 1.29 is 9.58 Å². The van der Waals surface area contributed by atoms with E-state index >= 15 is 0 Å². The second-order valence-electron chi connectivity index (χ2n) is 4.36. The van der Waals surface area contributed by atoms with Crippen LogP contribution in [0.2, 0.25) is 0 Å². The summed E-state index contributed by atoms with van der Waals surface area (Å²) < 4.78 is 5.20. The van der Waals surface area contributed by atoms with Gasteiger partial charge >= 0.3 is 0 Å². The summed E-state index contributed by atoms with van der Waals surface area (Å²) in [5.74, 6) is 0.828. The van der Waals surface area contributed by atoms with E-state index in [1.54, 1.807) is 7.11 Å². The molecule has 4 heteroatoms. The average molecular weight is 244 g/mol. The lowest BCUT2D eigenvalue weighted by Crippen LogP contribution is -2.32. The highest BCUT2D eigenvalue weighted by molar-refractivity contribution is 5.72. The van der Waals surface area contributed by atoms with Gasteiger partial charge in [-0.2, -0.15) is 0 Å². The van der Waals surface area contributed by atoms with Gasteiger partial charge in [-0.05, 0) is 44.0 Å². The molecule has 0 fully saturated rings. The quantitative estimate of drug-likeness (QED) is 0.601. The number of nitrogens with zero attached hydrogens (tertiary/aromatic N) is 2. The first kappa shape index (κ1) is 12.4. The van der Waals surface area contributed by atoms with E-state index in [9.17, 15) is 5.21 Å². The molecule has 2 rings (SSSR count). The molecule has 1 aromatic heterocycles. The molecule has 4 nitrogen and oxygen atoms in total. The molecule has 0 aliphatic heterocycles. The Labute approximate surface area is 106 Å². The van der Waals surface area contributed by atoms with E-state index in [1.807, 2.05) is 39.0 Å². The zero-order valence-corrected chi connectivity index (χ0v) is 11.0. The largest absolute Gasteiger partial charge is 0.594 e. The third-order valence-electron chi connectivity index (χ3n) is 3.01. The molecule has 0 saturated heterocycles. The van der Waals surface area contributed by atoms with Crippen molar-refractivity contribution in [2.45, 2.75) is 20.8 Å². The molecule has 0 aliphatic rings. The molecule has 0 unspecified atom stereocenters. The fourth-order valence-corrected chi connectivity index (χ4v) is 2.19. The first-order valence-electron chi connectivity index (χ1n) is 5.75. The number of hydrogen-bond acceptors (Lipinski definition) is 3. The van der Waals surface area contributed by atoms with Gasteiger partial charge in [0, 0.05) is 16.2 Å². The highest BCUT2D eigenvalue weighted by Gasteiger charge is 2.13. The maximum Gasteiger partial charge on any atom is 0.213 e. The Morgan fingerprint density at radius 1 is 1.17 bits per heavy atom. The Hall–Kier alpha value is -2.10. The Morgan fingerprint density at radius 2 is 1.89 bits per heavy atom. The minimum Gasteiger partial charge on any atom is -0.594 e. The lowest BCUT2D eigenvalue weighted by atomic mass is 9.96. The predicted octanol–water partition coefficient (Wildman–Crippen LogP) is 2.32. The first-order chi connectivity index (χ1) is 8.52. The van der Waals surface area contributed by atoms with Crippen LogP contribution in [-0.2, 0) is 0 Å². The van der Waals surface area contributed by atoms with Crippen LogP contribution >= 0.6 is 0 Å². The van der Waals surface area contributed by atoms with Crippen LogP contribution in [0.4, 0.5) is 0 Å². The molecule has 0 N–H and O–H groups in total. The van der Waals surface area contributed by atoms with E-state index in [2.05, 4.69) is 5.10 Å². The van der Waals surface area contributed by atoms with E-state index in [0.29, 0.717) is 4.85 Å². The van der Waals surface area contributed by atoms with Crippen molar-refractivity contribution in [1.82, 2.24) is 5.10 Å². The summed E-state index contributed by atoms with van der Waals surface area (Å²) in [6.07, 6.45) is 1.49. The van der Waals surface area contributed by atoms with Gasteiger partial charge in [0.2, 0.25) is 6.20 Å². The van der Waals surface area contributed by atoms with Gasteiger partial charge in [0.25, 0.3) is 0 Å². The van der Waals surface area contributed by atoms with Crippen LogP contribution in [0.3, 0.4) is 0 Å². The van der Waals surface area contributed by atoms with Crippen molar-refractivity contribution in [3.8, 4) is 16.9 Å². The SMILES string of the molecule is COc1ccc(-c2c(C)c[n+]([O-])nc2C)c(C)c1. The fourth-order valence-electron chi connectivity index (χ4n) is 2.19. The molecule has 94 valence electrons. The van der Waals surface area contributed by atoms with Gasteiger partial charge in [0.15, 0.2) is 0 Å². The lowest BCUT2D eigenvalue weighted by molar-refractivity contribution is -0.670. The zero-order chi connectivity index (χ0) is 13.3. The maximum atomic E-state index is 11.3. The molecular formula is C14H16N2O2. The molecule has 1 aromatic carbocycles. The highest BCUT2D eigenvalue weighted by atomic mass is 16.5. The Balaban J connectivity index is 2.62. The number of methoxy groups -OCH3 is 1. The van der Waals surface area contributed by atoms with Gasteiger partial charge in [-0.3, -0.25) is 0 Å². The van der Waals surface area contributed by atoms with Crippen LogP contribution < -0.4 is 9.58 Å². The van der Waals surface area contributed by atoms with Crippen LogP contribution in [0.5, 0.6) is 5.75 Å². The third kappa shape index (κ3) is 2.14. The normalized spacial score (nSPS) is 10.4. The Bertz CT molecular complexity index is 571. The molecule has 0 bridgehead atoms. The van der Waals surface area contributed by atoms with Crippen LogP contribution in [0.25, 0.3) is 11.1 Å². The molecule has 0 radical (unpaired) electrons. The predicted molar refractivity (Wildman–Crippen MR) is 69.4 cm³/mol. The van der Waals surface area contributed by atoms with Crippen molar-refractivity contribution in [3.63, 3.8) is 0 Å². The standard InChI is InChI=1S/C14H16N2O2/c1-9-7-12(18-4)5-6-13(9)14-10(2)8-16(17)15-11(14)3/h5-8H,1-4H3. The summed E-state index contributed by atoms with van der Waals surface area (Å²) in [4.78, 5) is 0.604. The number of rotatable bonds is 2. The minimum absolute atomic E-state index is 0.604. The van der Waals surface area contributed by atoms with Crippen molar-refractivity contribution in [2.75, 3.05) is 7.11 Å². The van der Waals surface area contributed by atoms with Gasteiger partial charge in [0.05, 0.1) is 7.11 Å². The molecule has 1 heterocycles. The summed E-state index contributed by atoms with van der Waals surface area (Å²) in [5.41, 5.74) is 4.86. The summed E-state index contributed by atoms with van der Waals surface area (Å²) in [5, 5.41) is 15.2. The molecule has 0 amide bonds. The monoisotopic (exact) mass is 244 g/mol. The van der Waals surface area contributed by atoms with Gasteiger partial charge in [-0.1, -0.05) is 10.9 Å². The summed E-state index contributed by atoms with van der Waals surface area (Å²) in [6, 6.07) is 5.90. The highest BCUT2D eigenvalue weighted by Crippen LogP contribution is 2.30. The summed E-state index contributed by atoms with van der Waals surface area (Å²) in [7, 11) is 1.65. The molecular weight excluding hydrogens is 228 g/mol. The summed E-state index contributed by atoms with van der Waals surface area (Å²) >= 11 is 0. The van der Waals surface area contributed by atoms with Crippen LogP contribution in [0, 0.1) is 26.0 Å². The van der Waals surface area contributed by atoms with Crippen LogP contribution in [0.1, 0.15) is 16.8 Å². The second kappa shape index (κ2) is 4.64. The van der Waals surface area contributed by atoms with Crippen molar-refractivity contribution in [1.29, 1.82) is 0 Å². The van der Waals surface area contributed by atoms with Gasteiger partial charge in [0.1, 0.15) is 11.4 Å². The minimum atomic E-state index is 0.604.